The van der Waals surface area contributed by atoms with Crippen molar-refractivity contribution in [1.29, 1.82) is 0 Å². The van der Waals surface area contributed by atoms with Gasteiger partial charge in [0.25, 0.3) is 0 Å². The highest BCUT2D eigenvalue weighted by Gasteiger charge is 2.29. The van der Waals surface area contributed by atoms with Gasteiger partial charge in [0.15, 0.2) is 0 Å². The van der Waals surface area contributed by atoms with Crippen LogP contribution in [0.3, 0.4) is 0 Å². The molecule has 0 aromatic heterocycles. The van der Waals surface area contributed by atoms with Crippen LogP contribution in [0.5, 0.6) is 0 Å². The molecule has 0 rings (SSSR count). The predicted molar refractivity (Wildman–Crippen MR) is 55.5 cm³/mol. The molecule has 94 valence electrons. The van der Waals surface area contributed by atoms with Crippen molar-refractivity contribution >= 4 is 12.2 Å². The lowest BCUT2D eigenvalue weighted by Crippen LogP contribution is -2.36. The van der Waals surface area contributed by atoms with E-state index in [0.717, 1.165) is 0 Å². The molecule has 0 aromatic rings. The summed E-state index contributed by atoms with van der Waals surface area (Å²) in [5.74, 6) is 0. The second-order valence-electron chi connectivity index (χ2n) is 4.08. The van der Waals surface area contributed by atoms with Gasteiger partial charge < -0.3 is 26.0 Å². The first-order valence-electron chi connectivity index (χ1n) is 4.78. The Morgan fingerprint density at radius 1 is 1.25 bits per heavy atom. The van der Waals surface area contributed by atoms with Crippen LogP contribution in [0.4, 0.5) is 9.59 Å². The van der Waals surface area contributed by atoms with Gasteiger partial charge in [0.2, 0.25) is 0 Å². The number of hydrogen-bond donors (Lipinski definition) is 3. The quantitative estimate of drug-likeness (QED) is 0.594. The van der Waals surface area contributed by atoms with E-state index in [1.54, 1.807) is 13.8 Å². The number of carbonyl (C=O) groups is 2. The average Bonchev–Trinajstić information content (AvgIpc) is 2.11. The summed E-state index contributed by atoms with van der Waals surface area (Å²) in [6.07, 6.45) is -2.18. The topological polar surface area (TPSA) is 125 Å². The average molecular weight is 234 g/mol. The van der Waals surface area contributed by atoms with Crippen LogP contribution in [0.25, 0.3) is 0 Å². The van der Waals surface area contributed by atoms with Crippen molar-refractivity contribution in [2.75, 3.05) is 13.2 Å². The number of hydrogen-bond acceptors (Lipinski definition) is 5. The van der Waals surface area contributed by atoms with Crippen molar-refractivity contribution < 1.29 is 24.2 Å². The molecule has 5 N–H and O–H groups in total. The molecular weight excluding hydrogens is 216 g/mol. The van der Waals surface area contributed by atoms with E-state index < -0.39 is 23.7 Å². The normalized spacial score (nSPS) is 12.9. The van der Waals surface area contributed by atoms with Gasteiger partial charge in [-0.2, -0.15) is 0 Å². The standard InChI is InChI=1S/C9H18N2O5/c1-6(12)3-9(2,4-15-7(10)13)5-16-8(11)14/h6,12H,3-5H2,1-2H3,(H2,10,13)(H2,11,14)/t6-/m1/s1. The maximum absolute atomic E-state index is 10.5. The van der Waals surface area contributed by atoms with E-state index in [-0.39, 0.29) is 19.6 Å². The Balaban J connectivity index is 4.34. The Hall–Kier alpha value is -1.50. The van der Waals surface area contributed by atoms with E-state index in [1.165, 1.54) is 0 Å². The lowest BCUT2D eigenvalue weighted by atomic mass is 9.86. The molecule has 0 heterocycles. The van der Waals surface area contributed by atoms with Crippen molar-refractivity contribution in [3.63, 3.8) is 0 Å². The molecular formula is C9H18N2O5. The molecule has 0 saturated heterocycles. The van der Waals surface area contributed by atoms with Crippen molar-refractivity contribution in [3.8, 4) is 0 Å². The van der Waals surface area contributed by atoms with Crippen molar-refractivity contribution in [2.24, 2.45) is 16.9 Å². The molecule has 0 aromatic carbocycles. The lowest BCUT2D eigenvalue weighted by Gasteiger charge is -2.28. The van der Waals surface area contributed by atoms with Crippen LogP contribution in [0.15, 0.2) is 0 Å². The molecule has 16 heavy (non-hydrogen) atoms. The van der Waals surface area contributed by atoms with Crippen molar-refractivity contribution in [1.82, 2.24) is 0 Å². The molecule has 7 heteroatoms. The third-order valence-corrected chi connectivity index (χ3v) is 1.91. The Morgan fingerprint density at radius 3 is 1.88 bits per heavy atom. The highest BCUT2D eigenvalue weighted by Crippen LogP contribution is 2.24. The Kier molecular flexibility index (Phi) is 5.59. The van der Waals surface area contributed by atoms with Gasteiger partial charge in [-0.1, -0.05) is 6.92 Å². The maximum Gasteiger partial charge on any atom is 0.404 e. The fraction of sp³-hybridized carbons (Fsp3) is 0.778. The van der Waals surface area contributed by atoms with Crippen LogP contribution in [-0.4, -0.2) is 36.6 Å². The first-order chi connectivity index (χ1) is 7.25. The third-order valence-electron chi connectivity index (χ3n) is 1.91. The number of nitrogens with two attached hydrogens (primary N) is 2. The SMILES string of the molecule is C[C@@H](O)CC(C)(COC(N)=O)COC(N)=O. The van der Waals surface area contributed by atoms with Crippen LogP contribution < -0.4 is 11.5 Å². The molecule has 0 radical (unpaired) electrons. The molecule has 0 unspecified atom stereocenters. The highest BCUT2D eigenvalue weighted by atomic mass is 16.6. The van der Waals surface area contributed by atoms with Gasteiger partial charge >= 0.3 is 12.2 Å². The summed E-state index contributed by atoms with van der Waals surface area (Å²) in [6.45, 7) is 3.15. The van der Waals surface area contributed by atoms with Gasteiger partial charge in [0, 0.05) is 5.41 Å². The van der Waals surface area contributed by atoms with E-state index in [2.05, 4.69) is 9.47 Å². The van der Waals surface area contributed by atoms with Crippen molar-refractivity contribution in [3.05, 3.63) is 0 Å². The predicted octanol–water partition coefficient (Wildman–Crippen LogP) is -0.0458. The molecule has 0 aliphatic heterocycles. The summed E-state index contributed by atoms with van der Waals surface area (Å²) in [5, 5.41) is 9.27. The molecule has 0 saturated carbocycles. The zero-order valence-electron chi connectivity index (χ0n) is 9.43. The molecule has 0 aliphatic carbocycles. The molecule has 0 bridgehead atoms. The number of amides is 2. The van der Waals surface area contributed by atoms with Crippen LogP contribution in [0.2, 0.25) is 0 Å². The lowest BCUT2D eigenvalue weighted by molar-refractivity contribution is 0.0103. The fourth-order valence-electron chi connectivity index (χ4n) is 1.36. The number of aliphatic hydroxyl groups is 1. The zero-order chi connectivity index (χ0) is 12.8. The van der Waals surface area contributed by atoms with Crippen LogP contribution in [-0.2, 0) is 9.47 Å². The number of rotatable bonds is 6. The van der Waals surface area contributed by atoms with Crippen LogP contribution in [0.1, 0.15) is 20.3 Å². The smallest absolute Gasteiger partial charge is 0.404 e. The third kappa shape index (κ3) is 6.88. The molecule has 0 fully saturated rings. The van der Waals surface area contributed by atoms with Gasteiger partial charge in [0.05, 0.1) is 6.10 Å². The maximum atomic E-state index is 10.5. The second-order valence-corrected chi connectivity index (χ2v) is 4.08. The van der Waals surface area contributed by atoms with E-state index in [4.69, 9.17) is 11.5 Å². The Bertz CT molecular complexity index is 236. The number of aliphatic hydroxyl groups excluding tert-OH is 1. The van der Waals surface area contributed by atoms with Gasteiger partial charge in [-0.25, -0.2) is 9.59 Å². The fourth-order valence-corrected chi connectivity index (χ4v) is 1.36. The van der Waals surface area contributed by atoms with E-state index in [9.17, 15) is 14.7 Å². The van der Waals surface area contributed by atoms with E-state index in [0.29, 0.717) is 0 Å². The molecule has 2 amide bonds. The van der Waals surface area contributed by atoms with E-state index in [1.807, 2.05) is 0 Å². The van der Waals surface area contributed by atoms with Gasteiger partial charge in [-0.05, 0) is 13.3 Å². The zero-order valence-corrected chi connectivity index (χ0v) is 9.43. The molecule has 7 nitrogen and oxygen atoms in total. The van der Waals surface area contributed by atoms with Crippen LogP contribution >= 0.6 is 0 Å². The second kappa shape index (κ2) is 6.16. The highest BCUT2D eigenvalue weighted by molar-refractivity contribution is 5.65. The number of primary amides is 2. The summed E-state index contributed by atoms with van der Waals surface area (Å²) in [7, 11) is 0. The molecule has 0 aliphatic rings. The Morgan fingerprint density at radius 2 is 1.62 bits per heavy atom. The summed E-state index contributed by atoms with van der Waals surface area (Å²) in [6, 6.07) is 0. The summed E-state index contributed by atoms with van der Waals surface area (Å²) in [4.78, 5) is 20.9. The van der Waals surface area contributed by atoms with Crippen LogP contribution in [0, 0.1) is 5.41 Å². The Labute approximate surface area is 93.7 Å². The first kappa shape index (κ1) is 14.5. The minimum atomic E-state index is -0.920. The molecule has 1 atom stereocenters. The van der Waals surface area contributed by atoms with E-state index >= 15 is 0 Å². The molecule has 0 spiro atoms. The summed E-state index contributed by atoms with van der Waals surface area (Å²) < 4.78 is 9.27. The summed E-state index contributed by atoms with van der Waals surface area (Å²) >= 11 is 0. The van der Waals surface area contributed by atoms with Gasteiger partial charge in [0.1, 0.15) is 13.2 Å². The monoisotopic (exact) mass is 234 g/mol. The number of ether oxygens (including phenoxy) is 2. The minimum absolute atomic E-state index is 0.0550. The first-order valence-corrected chi connectivity index (χ1v) is 4.78. The number of carbonyl (C=O) groups excluding carboxylic acids is 2. The van der Waals surface area contributed by atoms with Gasteiger partial charge in [-0.15, -0.1) is 0 Å². The minimum Gasteiger partial charge on any atom is -0.449 e. The largest absolute Gasteiger partial charge is 0.449 e. The van der Waals surface area contributed by atoms with Gasteiger partial charge in [-0.3, -0.25) is 0 Å². The van der Waals surface area contributed by atoms with Crippen molar-refractivity contribution in [2.45, 2.75) is 26.4 Å². The summed E-state index contributed by atoms with van der Waals surface area (Å²) in [5.41, 5.74) is 8.95.